The summed E-state index contributed by atoms with van der Waals surface area (Å²) in [4.78, 5) is 14.5. The van der Waals surface area contributed by atoms with E-state index < -0.39 is 0 Å². The number of nitrogens with one attached hydrogen (secondary N) is 1. The van der Waals surface area contributed by atoms with Gasteiger partial charge in [0.15, 0.2) is 5.76 Å². The number of rotatable bonds is 5. The third-order valence-electron chi connectivity index (χ3n) is 4.15. The van der Waals surface area contributed by atoms with Gasteiger partial charge in [0.1, 0.15) is 0 Å². The molecular weight excluding hydrogens is 276 g/mol. The maximum atomic E-state index is 12.0. The summed E-state index contributed by atoms with van der Waals surface area (Å²) in [5.41, 5.74) is 1.37. The summed E-state index contributed by atoms with van der Waals surface area (Å²) in [6, 6.07) is 14.2. The highest BCUT2D eigenvalue weighted by Gasteiger charge is 2.22. The van der Waals surface area contributed by atoms with Gasteiger partial charge in [-0.2, -0.15) is 0 Å². The minimum absolute atomic E-state index is 0.111. The van der Waals surface area contributed by atoms with E-state index in [-0.39, 0.29) is 11.9 Å². The Morgan fingerprint density at radius 2 is 2.09 bits per heavy atom. The van der Waals surface area contributed by atoms with E-state index in [9.17, 15) is 4.79 Å². The molecule has 1 amide bonds. The number of amides is 1. The van der Waals surface area contributed by atoms with Crippen LogP contribution in [0.5, 0.6) is 0 Å². The number of hydrogen-bond acceptors (Lipinski definition) is 3. The molecule has 0 spiro atoms. The predicted octanol–water partition coefficient (Wildman–Crippen LogP) is 2.72. The molecule has 1 atom stereocenters. The van der Waals surface area contributed by atoms with Crippen LogP contribution in [0.25, 0.3) is 0 Å². The molecule has 0 radical (unpaired) electrons. The lowest BCUT2D eigenvalue weighted by molar-refractivity contribution is 0.0876. The van der Waals surface area contributed by atoms with Crippen molar-refractivity contribution in [2.75, 3.05) is 19.6 Å². The Kier molecular flexibility index (Phi) is 4.91. The van der Waals surface area contributed by atoms with Gasteiger partial charge in [-0.1, -0.05) is 30.3 Å². The first-order valence-corrected chi connectivity index (χ1v) is 7.92. The minimum Gasteiger partial charge on any atom is -0.459 e. The molecule has 1 N–H and O–H groups in total. The lowest BCUT2D eigenvalue weighted by atomic mass is 10.0. The van der Waals surface area contributed by atoms with E-state index in [0.29, 0.717) is 5.76 Å². The summed E-state index contributed by atoms with van der Waals surface area (Å²) in [6.07, 6.45) is 4.74. The zero-order chi connectivity index (χ0) is 15.2. The average Bonchev–Trinajstić information content (AvgIpc) is 3.09. The molecule has 1 aliphatic heterocycles. The molecule has 1 aromatic carbocycles. The molecule has 0 saturated carbocycles. The largest absolute Gasteiger partial charge is 0.459 e. The summed E-state index contributed by atoms with van der Waals surface area (Å²) in [6.45, 7) is 3.07. The van der Waals surface area contributed by atoms with Crippen LogP contribution in [-0.4, -0.2) is 36.5 Å². The highest BCUT2D eigenvalue weighted by molar-refractivity contribution is 5.91. The molecule has 2 aromatic rings. The molecule has 4 nitrogen and oxygen atoms in total. The van der Waals surface area contributed by atoms with Gasteiger partial charge < -0.3 is 14.6 Å². The van der Waals surface area contributed by atoms with E-state index in [4.69, 9.17) is 4.42 Å². The fraction of sp³-hybridized carbons (Fsp3) is 0.389. The van der Waals surface area contributed by atoms with E-state index in [1.54, 1.807) is 12.1 Å². The lowest BCUT2D eigenvalue weighted by Crippen LogP contribution is -2.48. The smallest absolute Gasteiger partial charge is 0.287 e. The lowest BCUT2D eigenvalue weighted by Gasteiger charge is -2.33. The molecule has 4 heteroatoms. The Morgan fingerprint density at radius 1 is 1.23 bits per heavy atom. The van der Waals surface area contributed by atoms with Gasteiger partial charge in [-0.25, -0.2) is 0 Å². The second-order valence-electron chi connectivity index (χ2n) is 5.83. The van der Waals surface area contributed by atoms with Crippen LogP contribution in [0.1, 0.15) is 29.0 Å². The van der Waals surface area contributed by atoms with Crippen molar-refractivity contribution >= 4 is 5.91 Å². The fourth-order valence-corrected chi connectivity index (χ4v) is 2.97. The quantitative estimate of drug-likeness (QED) is 0.923. The molecule has 116 valence electrons. The van der Waals surface area contributed by atoms with Gasteiger partial charge in [0.05, 0.1) is 6.26 Å². The van der Waals surface area contributed by atoms with Crippen LogP contribution in [0.3, 0.4) is 0 Å². The SMILES string of the molecule is O=C(NC1CCCN(CCc2ccccc2)C1)c1ccco1. The number of carbonyl (C=O) groups excluding carboxylic acids is 1. The molecule has 2 heterocycles. The van der Waals surface area contributed by atoms with Gasteiger partial charge in [-0.15, -0.1) is 0 Å². The van der Waals surface area contributed by atoms with E-state index in [0.717, 1.165) is 38.9 Å². The molecule has 1 unspecified atom stereocenters. The number of piperidine rings is 1. The Morgan fingerprint density at radius 3 is 2.86 bits per heavy atom. The second kappa shape index (κ2) is 7.27. The molecular formula is C18H22N2O2. The highest BCUT2D eigenvalue weighted by Crippen LogP contribution is 2.12. The van der Waals surface area contributed by atoms with E-state index in [1.165, 1.54) is 11.8 Å². The molecule has 0 aliphatic carbocycles. The Labute approximate surface area is 131 Å². The standard InChI is InChI=1S/C18H22N2O2/c21-18(17-9-5-13-22-17)19-16-8-4-11-20(14-16)12-10-15-6-2-1-3-7-15/h1-3,5-7,9,13,16H,4,8,10-12,14H2,(H,19,21). The van der Waals surface area contributed by atoms with Crippen molar-refractivity contribution in [1.82, 2.24) is 10.2 Å². The molecule has 1 saturated heterocycles. The monoisotopic (exact) mass is 298 g/mol. The molecule has 0 bridgehead atoms. The molecule has 3 rings (SSSR count). The average molecular weight is 298 g/mol. The van der Waals surface area contributed by atoms with Gasteiger partial charge in [-0.05, 0) is 43.5 Å². The Bertz CT molecular complexity index is 580. The normalized spacial score (nSPS) is 19.0. The summed E-state index contributed by atoms with van der Waals surface area (Å²) in [7, 11) is 0. The van der Waals surface area contributed by atoms with Gasteiger partial charge in [-0.3, -0.25) is 4.79 Å². The van der Waals surface area contributed by atoms with Crippen molar-refractivity contribution < 1.29 is 9.21 Å². The zero-order valence-electron chi connectivity index (χ0n) is 12.7. The Balaban J connectivity index is 1.48. The number of furan rings is 1. The summed E-state index contributed by atoms with van der Waals surface area (Å²) < 4.78 is 5.14. The topological polar surface area (TPSA) is 45.5 Å². The number of likely N-dealkylation sites (tertiary alicyclic amines) is 1. The first-order valence-electron chi connectivity index (χ1n) is 7.92. The second-order valence-corrected chi connectivity index (χ2v) is 5.83. The van der Waals surface area contributed by atoms with Gasteiger partial charge >= 0.3 is 0 Å². The summed E-state index contributed by atoms with van der Waals surface area (Å²) in [5.74, 6) is 0.279. The summed E-state index contributed by atoms with van der Waals surface area (Å²) >= 11 is 0. The van der Waals surface area contributed by atoms with Gasteiger partial charge in [0.25, 0.3) is 5.91 Å². The van der Waals surface area contributed by atoms with E-state index in [2.05, 4.69) is 34.5 Å². The Hall–Kier alpha value is -2.07. The number of nitrogens with zero attached hydrogens (tertiary/aromatic N) is 1. The van der Waals surface area contributed by atoms with Crippen LogP contribution in [-0.2, 0) is 6.42 Å². The van der Waals surface area contributed by atoms with Crippen LogP contribution in [0, 0.1) is 0 Å². The van der Waals surface area contributed by atoms with Crippen molar-refractivity contribution in [2.45, 2.75) is 25.3 Å². The van der Waals surface area contributed by atoms with Crippen LogP contribution in [0.2, 0.25) is 0 Å². The number of carbonyl (C=O) groups is 1. The van der Waals surface area contributed by atoms with Crippen molar-refractivity contribution in [2.24, 2.45) is 0 Å². The van der Waals surface area contributed by atoms with Crippen molar-refractivity contribution in [1.29, 1.82) is 0 Å². The van der Waals surface area contributed by atoms with Crippen LogP contribution >= 0.6 is 0 Å². The molecule has 1 aromatic heterocycles. The van der Waals surface area contributed by atoms with Crippen molar-refractivity contribution in [3.63, 3.8) is 0 Å². The van der Waals surface area contributed by atoms with Crippen molar-refractivity contribution in [3.8, 4) is 0 Å². The van der Waals surface area contributed by atoms with E-state index >= 15 is 0 Å². The molecule has 1 aliphatic rings. The first kappa shape index (κ1) is 14.9. The maximum Gasteiger partial charge on any atom is 0.287 e. The van der Waals surface area contributed by atoms with Gasteiger partial charge in [0, 0.05) is 19.1 Å². The third kappa shape index (κ3) is 3.98. The highest BCUT2D eigenvalue weighted by atomic mass is 16.3. The minimum atomic E-state index is -0.111. The van der Waals surface area contributed by atoms with Crippen molar-refractivity contribution in [3.05, 3.63) is 60.1 Å². The van der Waals surface area contributed by atoms with Crippen LogP contribution in [0.15, 0.2) is 53.1 Å². The maximum absolute atomic E-state index is 12.0. The zero-order valence-corrected chi connectivity index (χ0v) is 12.7. The van der Waals surface area contributed by atoms with Crippen LogP contribution < -0.4 is 5.32 Å². The van der Waals surface area contributed by atoms with Gasteiger partial charge in [0.2, 0.25) is 0 Å². The first-order chi connectivity index (χ1) is 10.8. The predicted molar refractivity (Wildman–Crippen MR) is 85.8 cm³/mol. The molecule has 1 fully saturated rings. The third-order valence-corrected chi connectivity index (χ3v) is 4.15. The summed E-state index contributed by atoms with van der Waals surface area (Å²) in [5, 5.41) is 3.08. The van der Waals surface area contributed by atoms with E-state index in [1.807, 2.05) is 6.07 Å². The number of benzene rings is 1. The molecule has 22 heavy (non-hydrogen) atoms. The van der Waals surface area contributed by atoms with Crippen LogP contribution in [0.4, 0.5) is 0 Å². The fourth-order valence-electron chi connectivity index (χ4n) is 2.97. The number of hydrogen-bond donors (Lipinski definition) is 1.